The molecule has 0 saturated carbocycles. The van der Waals surface area contributed by atoms with Crippen LogP contribution >= 0.6 is 0 Å². The lowest BCUT2D eigenvalue weighted by Crippen LogP contribution is -2.50. The number of nitrogens with two attached hydrogens (primary N) is 2. The first-order chi connectivity index (χ1) is 18.4. The molecule has 2 atom stereocenters. The van der Waals surface area contributed by atoms with Crippen molar-refractivity contribution in [1.29, 1.82) is 0 Å². The minimum atomic E-state index is -0.773. The molecule has 1 heterocycles. The molecule has 0 unspecified atom stereocenters. The van der Waals surface area contributed by atoms with E-state index < -0.39 is 12.1 Å². The molecule has 0 fully saturated rings. The number of hydrogen-bond acceptors (Lipinski definition) is 5. The van der Waals surface area contributed by atoms with Gasteiger partial charge < -0.3 is 27.2 Å². The zero-order valence-corrected chi connectivity index (χ0v) is 21.2. The summed E-state index contributed by atoms with van der Waals surface area (Å²) in [4.78, 5) is 33.2. The van der Waals surface area contributed by atoms with Gasteiger partial charge >= 0.3 is 0 Å². The van der Waals surface area contributed by atoms with E-state index in [1.165, 1.54) is 11.1 Å². The van der Waals surface area contributed by atoms with Crippen LogP contribution in [-0.2, 0) is 29.2 Å². The van der Waals surface area contributed by atoms with Gasteiger partial charge in [0.05, 0.1) is 0 Å². The van der Waals surface area contributed by atoms with Crippen LogP contribution in [0, 0.1) is 0 Å². The summed E-state index contributed by atoms with van der Waals surface area (Å²) in [5.74, 6) is -0.399. The van der Waals surface area contributed by atoms with Crippen molar-refractivity contribution in [2.75, 3.05) is 6.54 Å². The monoisotopic (exact) mass is 514 g/mol. The van der Waals surface area contributed by atoms with Crippen LogP contribution in [0.4, 0.5) is 0 Å². The highest BCUT2D eigenvalue weighted by Gasteiger charge is 2.34. The Hall–Kier alpha value is -4.37. The Bertz CT molecular complexity index is 1230. The lowest BCUT2D eigenvalue weighted by molar-refractivity contribution is -0.132. The number of fused-ring (bicyclic) bond motifs is 1. The number of benzene rings is 3. The van der Waals surface area contributed by atoms with Crippen molar-refractivity contribution in [3.05, 3.63) is 101 Å². The van der Waals surface area contributed by atoms with Gasteiger partial charge in [0.1, 0.15) is 17.8 Å². The third-order valence-corrected chi connectivity index (χ3v) is 6.58. The van der Waals surface area contributed by atoms with Gasteiger partial charge in [-0.1, -0.05) is 66.7 Å². The number of carbonyl (C=O) groups is 2. The van der Waals surface area contributed by atoms with E-state index in [1.807, 2.05) is 42.5 Å². The van der Waals surface area contributed by atoms with Crippen LogP contribution in [0.2, 0.25) is 0 Å². The molecular weight excluding hydrogens is 480 g/mol. The summed E-state index contributed by atoms with van der Waals surface area (Å²) < 4.78 is 0. The van der Waals surface area contributed by atoms with Crippen LogP contribution < -0.4 is 22.1 Å². The van der Waals surface area contributed by atoms with E-state index in [4.69, 9.17) is 11.5 Å². The molecule has 0 saturated heterocycles. The second kappa shape index (κ2) is 12.7. The predicted molar refractivity (Wildman–Crippen MR) is 147 cm³/mol. The Balaban J connectivity index is 1.50. The van der Waals surface area contributed by atoms with Crippen molar-refractivity contribution in [3.63, 3.8) is 0 Å². The minimum Gasteiger partial charge on any atom is -0.508 e. The molecule has 9 heteroatoms. The van der Waals surface area contributed by atoms with Crippen LogP contribution in [0.15, 0.2) is 83.9 Å². The van der Waals surface area contributed by atoms with Gasteiger partial charge in [-0.2, -0.15) is 0 Å². The zero-order chi connectivity index (χ0) is 26.9. The first-order valence-corrected chi connectivity index (χ1v) is 12.7. The SMILES string of the molecule is NC(N)=NCCC[C@@H](NC(=O)[C@H](c1ccccc1)N1Cc2ccccc2C1)C(=O)NCc1ccc(O)cc1. The van der Waals surface area contributed by atoms with E-state index in [0.717, 1.165) is 11.1 Å². The molecule has 7 N–H and O–H groups in total. The predicted octanol–water partition coefficient (Wildman–Crippen LogP) is 2.30. The maximum absolute atomic E-state index is 13.8. The van der Waals surface area contributed by atoms with Gasteiger partial charge in [-0.25, -0.2) is 0 Å². The molecule has 9 nitrogen and oxygen atoms in total. The highest BCUT2D eigenvalue weighted by Crippen LogP contribution is 2.31. The molecule has 3 aromatic carbocycles. The third kappa shape index (κ3) is 7.10. The van der Waals surface area contributed by atoms with Crippen molar-refractivity contribution in [3.8, 4) is 5.75 Å². The molecule has 4 rings (SSSR count). The van der Waals surface area contributed by atoms with Crippen molar-refractivity contribution >= 4 is 17.8 Å². The number of amides is 2. The molecule has 0 aromatic heterocycles. The number of carbonyl (C=O) groups excluding carboxylic acids is 2. The number of hydrogen-bond donors (Lipinski definition) is 5. The van der Waals surface area contributed by atoms with Gasteiger partial charge in [0.25, 0.3) is 0 Å². The second-order valence-electron chi connectivity index (χ2n) is 9.38. The summed E-state index contributed by atoms with van der Waals surface area (Å²) in [5, 5.41) is 15.4. The molecule has 0 bridgehead atoms. The van der Waals surface area contributed by atoms with Crippen molar-refractivity contribution in [1.82, 2.24) is 15.5 Å². The number of nitrogens with one attached hydrogen (secondary N) is 2. The number of phenolic OH excluding ortho intramolecular Hbond substituents is 1. The Morgan fingerprint density at radius 1 is 0.895 bits per heavy atom. The highest BCUT2D eigenvalue weighted by atomic mass is 16.3. The van der Waals surface area contributed by atoms with Crippen molar-refractivity contribution in [2.24, 2.45) is 16.5 Å². The van der Waals surface area contributed by atoms with Gasteiger partial charge in [0.2, 0.25) is 11.8 Å². The van der Waals surface area contributed by atoms with Crippen molar-refractivity contribution in [2.45, 2.75) is 44.6 Å². The standard InChI is InChI=1S/C29H34N6O3/c30-29(31)32-16-6-11-25(27(37)33-17-20-12-14-24(36)15-13-20)34-28(38)26(21-7-2-1-3-8-21)35-18-22-9-4-5-10-23(22)19-35/h1-5,7-10,12-15,25-26,36H,6,11,16-19H2,(H,33,37)(H,34,38)(H4,30,31,32)/t25-,26+/m1/s1. The molecule has 38 heavy (non-hydrogen) atoms. The molecule has 0 aliphatic carbocycles. The van der Waals surface area contributed by atoms with Gasteiger partial charge in [-0.05, 0) is 47.2 Å². The summed E-state index contributed by atoms with van der Waals surface area (Å²) in [6, 6.07) is 23.1. The van der Waals surface area contributed by atoms with Crippen LogP contribution in [0.25, 0.3) is 0 Å². The summed E-state index contributed by atoms with van der Waals surface area (Å²) in [6.07, 6.45) is 0.881. The first kappa shape index (κ1) is 26.7. The lowest BCUT2D eigenvalue weighted by atomic mass is 10.0. The van der Waals surface area contributed by atoms with E-state index in [1.54, 1.807) is 24.3 Å². The smallest absolute Gasteiger partial charge is 0.242 e. The highest BCUT2D eigenvalue weighted by molar-refractivity contribution is 5.90. The van der Waals surface area contributed by atoms with E-state index >= 15 is 0 Å². The van der Waals surface area contributed by atoms with Gasteiger partial charge in [-0.3, -0.25) is 19.5 Å². The summed E-state index contributed by atoms with van der Waals surface area (Å²) >= 11 is 0. The van der Waals surface area contributed by atoms with Gasteiger partial charge in [-0.15, -0.1) is 0 Å². The summed E-state index contributed by atoms with van der Waals surface area (Å²) in [7, 11) is 0. The van der Waals surface area contributed by atoms with E-state index in [2.05, 4.69) is 32.7 Å². The number of aliphatic imine (C=N–C) groups is 1. The van der Waals surface area contributed by atoms with E-state index in [-0.39, 0.29) is 30.1 Å². The second-order valence-corrected chi connectivity index (χ2v) is 9.38. The van der Waals surface area contributed by atoms with Crippen LogP contribution in [0.5, 0.6) is 5.75 Å². The molecule has 0 spiro atoms. The molecule has 2 amide bonds. The van der Waals surface area contributed by atoms with Crippen LogP contribution in [0.3, 0.4) is 0 Å². The number of rotatable bonds is 11. The number of phenols is 1. The number of aromatic hydroxyl groups is 1. The third-order valence-electron chi connectivity index (χ3n) is 6.58. The van der Waals surface area contributed by atoms with E-state index in [9.17, 15) is 14.7 Å². The van der Waals surface area contributed by atoms with Crippen LogP contribution in [0.1, 0.15) is 41.1 Å². The molecule has 1 aliphatic rings. The topological polar surface area (TPSA) is 146 Å². The Morgan fingerprint density at radius 2 is 1.53 bits per heavy atom. The first-order valence-electron chi connectivity index (χ1n) is 12.7. The van der Waals surface area contributed by atoms with Crippen LogP contribution in [-0.4, -0.2) is 40.4 Å². The van der Waals surface area contributed by atoms with E-state index in [0.29, 0.717) is 32.5 Å². The molecule has 3 aromatic rings. The maximum atomic E-state index is 13.8. The maximum Gasteiger partial charge on any atom is 0.242 e. The molecular formula is C29H34N6O3. The molecule has 198 valence electrons. The van der Waals surface area contributed by atoms with Crippen molar-refractivity contribution < 1.29 is 14.7 Å². The summed E-state index contributed by atoms with van der Waals surface area (Å²) in [6.45, 7) is 1.91. The minimum absolute atomic E-state index is 0.0138. The largest absolute Gasteiger partial charge is 0.508 e. The molecule has 0 radical (unpaired) electrons. The lowest BCUT2D eigenvalue weighted by Gasteiger charge is -2.29. The molecule has 1 aliphatic heterocycles. The Kier molecular flexibility index (Phi) is 8.94. The number of nitrogens with zero attached hydrogens (tertiary/aromatic N) is 2. The Labute approximate surface area is 222 Å². The number of guanidine groups is 1. The average Bonchev–Trinajstić information content (AvgIpc) is 3.34. The van der Waals surface area contributed by atoms with Gasteiger partial charge in [0.15, 0.2) is 5.96 Å². The Morgan fingerprint density at radius 3 is 2.16 bits per heavy atom. The fourth-order valence-corrected chi connectivity index (χ4v) is 4.65. The summed E-state index contributed by atoms with van der Waals surface area (Å²) in [5.41, 5.74) is 15.0. The normalized spacial score (nSPS) is 14.2. The fraction of sp³-hybridized carbons (Fsp3) is 0.276. The fourth-order valence-electron chi connectivity index (χ4n) is 4.65. The average molecular weight is 515 g/mol. The quantitative estimate of drug-likeness (QED) is 0.151. The van der Waals surface area contributed by atoms with Gasteiger partial charge in [0, 0.05) is 26.2 Å². The zero-order valence-electron chi connectivity index (χ0n) is 21.2.